The Labute approximate surface area is 185 Å². The third-order valence-corrected chi connectivity index (χ3v) is 5.87. The lowest BCUT2D eigenvalue weighted by Crippen LogP contribution is -2.24. The van der Waals surface area contributed by atoms with Crippen molar-refractivity contribution >= 4 is 22.6 Å². The summed E-state index contributed by atoms with van der Waals surface area (Å²) in [6, 6.07) is 21.7. The van der Waals surface area contributed by atoms with Crippen LogP contribution in [0, 0.1) is 0 Å². The number of esters is 1. The number of carbonyl (C=O) groups excluding carboxylic acids is 1. The molecule has 3 aromatic carbocycles. The maximum atomic E-state index is 13.4. The summed E-state index contributed by atoms with van der Waals surface area (Å²) in [5.41, 5.74) is 4.15. The van der Waals surface area contributed by atoms with Crippen molar-refractivity contribution in [3.8, 4) is 5.75 Å². The van der Waals surface area contributed by atoms with Crippen LogP contribution < -0.4 is 10.1 Å². The molecule has 2 heterocycles. The van der Waals surface area contributed by atoms with Crippen LogP contribution in [0.25, 0.3) is 10.8 Å². The predicted octanol–water partition coefficient (Wildman–Crippen LogP) is 5.15. The number of ether oxygens (including phenoxy) is 2. The van der Waals surface area contributed by atoms with Crippen molar-refractivity contribution in [2.24, 2.45) is 0 Å². The molecule has 2 N–H and O–H groups in total. The predicted molar refractivity (Wildman–Crippen MR) is 123 cm³/mol. The van der Waals surface area contributed by atoms with Crippen LogP contribution in [0.3, 0.4) is 0 Å². The number of hydrogen-bond donors (Lipinski definition) is 2. The topological polar surface area (TPSA) is 76.2 Å². The van der Waals surface area contributed by atoms with E-state index in [4.69, 9.17) is 9.47 Å². The highest BCUT2D eigenvalue weighted by molar-refractivity contribution is 5.98. The van der Waals surface area contributed by atoms with Gasteiger partial charge in [-0.15, -0.1) is 0 Å². The second-order valence-electron chi connectivity index (χ2n) is 7.76. The molecule has 0 amide bonds. The largest absolute Gasteiger partial charge is 0.496 e. The SMILES string of the molecule is COc1ccc(C2C(C(=O)OCc3ccccc3)=C(C)Nc3[nH]ncc32)c2ccccc12. The van der Waals surface area contributed by atoms with Gasteiger partial charge in [0.2, 0.25) is 0 Å². The molecule has 6 heteroatoms. The molecule has 0 saturated carbocycles. The van der Waals surface area contributed by atoms with Crippen molar-refractivity contribution in [3.63, 3.8) is 0 Å². The summed E-state index contributed by atoms with van der Waals surface area (Å²) < 4.78 is 11.3. The van der Waals surface area contributed by atoms with Crippen molar-refractivity contribution in [1.82, 2.24) is 10.2 Å². The van der Waals surface area contributed by atoms with E-state index in [2.05, 4.69) is 21.6 Å². The van der Waals surface area contributed by atoms with Gasteiger partial charge in [0.25, 0.3) is 0 Å². The molecule has 6 nitrogen and oxygen atoms in total. The van der Waals surface area contributed by atoms with Gasteiger partial charge in [0.15, 0.2) is 0 Å². The van der Waals surface area contributed by atoms with E-state index in [1.807, 2.05) is 67.6 Å². The average Bonchev–Trinajstić information content (AvgIpc) is 3.30. The van der Waals surface area contributed by atoms with Gasteiger partial charge in [0.1, 0.15) is 18.2 Å². The van der Waals surface area contributed by atoms with E-state index >= 15 is 0 Å². The summed E-state index contributed by atoms with van der Waals surface area (Å²) >= 11 is 0. The third kappa shape index (κ3) is 3.39. The Morgan fingerprint density at radius 2 is 1.72 bits per heavy atom. The number of allylic oxidation sites excluding steroid dienone is 1. The van der Waals surface area contributed by atoms with Crippen LogP contribution in [-0.2, 0) is 16.1 Å². The molecule has 4 aromatic rings. The van der Waals surface area contributed by atoms with E-state index in [9.17, 15) is 4.79 Å². The molecule has 0 saturated heterocycles. The lowest BCUT2D eigenvalue weighted by Gasteiger charge is -2.28. The van der Waals surface area contributed by atoms with Gasteiger partial charge in [-0.05, 0) is 29.5 Å². The molecule has 0 fully saturated rings. The lowest BCUT2D eigenvalue weighted by atomic mass is 9.80. The Balaban J connectivity index is 1.61. The van der Waals surface area contributed by atoms with Gasteiger partial charge in [-0.25, -0.2) is 4.79 Å². The zero-order chi connectivity index (χ0) is 22.1. The highest BCUT2D eigenvalue weighted by atomic mass is 16.5. The summed E-state index contributed by atoms with van der Waals surface area (Å²) in [5, 5.41) is 12.5. The number of rotatable bonds is 5. The fourth-order valence-electron chi connectivity index (χ4n) is 4.36. The minimum Gasteiger partial charge on any atom is -0.496 e. The van der Waals surface area contributed by atoms with Crippen LogP contribution in [-0.4, -0.2) is 23.3 Å². The highest BCUT2D eigenvalue weighted by Crippen LogP contribution is 2.44. The molecule has 0 spiro atoms. The number of H-pyrrole nitrogens is 1. The summed E-state index contributed by atoms with van der Waals surface area (Å²) in [4.78, 5) is 13.4. The van der Waals surface area contributed by atoms with Crippen LogP contribution in [0.2, 0.25) is 0 Å². The molecule has 1 aromatic heterocycles. The summed E-state index contributed by atoms with van der Waals surface area (Å²) in [5.74, 6) is 0.895. The Morgan fingerprint density at radius 1 is 0.969 bits per heavy atom. The zero-order valence-electron chi connectivity index (χ0n) is 17.9. The molecule has 160 valence electrons. The molecule has 0 bridgehead atoms. The quantitative estimate of drug-likeness (QED) is 0.433. The zero-order valence-corrected chi connectivity index (χ0v) is 17.9. The second kappa shape index (κ2) is 8.23. The summed E-state index contributed by atoms with van der Waals surface area (Å²) in [6.07, 6.45) is 1.77. The molecule has 0 aliphatic carbocycles. The first-order valence-corrected chi connectivity index (χ1v) is 10.4. The molecule has 1 aliphatic heterocycles. The minimum absolute atomic E-state index is 0.213. The number of aromatic amines is 1. The number of hydrogen-bond acceptors (Lipinski definition) is 5. The number of aromatic nitrogens is 2. The van der Waals surface area contributed by atoms with Gasteiger partial charge in [0.05, 0.1) is 18.9 Å². The van der Waals surface area contributed by atoms with Crippen molar-refractivity contribution in [2.45, 2.75) is 19.4 Å². The molecule has 0 radical (unpaired) electrons. The Morgan fingerprint density at radius 3 is 2.50 bits per heavy atom. The van der Waals surface area contributed by atoms with Gasteiger partial charge in [-0.1, -0.05) is 60.7 Å². The fraction of sp³-hybridized carbons (Fsp3) is 0.154. The van der Waals surface area contributed by atoms with E-state index in [1.165, 1.54) is 0 Å². The van der Waals surface area contributed by atoms with E-state index in [-0.39, 0.29) is 18.5 Å². The van der Waals surface area contributed by atoms with Gasteiger partial charge in [-0.2, -0.15) is 5.10 Å². The highest BCUT2D eigenvalue weighted by Gasteiger charge is 2.35. The average molecular weight is 425 g/mol. The maximum absolute atomic E-state index is 13.4. The molecular formula is C26H23N3O3. The Bertz CT molecular complexity index is 1320. The third-order valence-electron chi connectivity index (χ3n) is 5.87. The summed E-state index contributed by atoms with van der Waals surface area (Å²) in [7, 11) is 1.66. The van der Waals surface area contributed by atoms with Gasteiger partial charge in [-0.3, -0.25) is 5.10 Å². The molecule has 5 rings (SSSR count). The van der Waals surface area contributed by atoms with Crippen LogP contribution in [0.15, 0.2) is 84.2 Å². The van der Waals surface area contributed by atoms with Crippen LogP contribution in [0.5, 0.6) is 5.75 Å². The molecule has 1 atom stereocenters. The number of fused-ring (bicyclic) bond motifs is 2. The first kappa shape index (κ1) is 19.9. The maximum Gasteiger partial charge on any atom is 0.337 e. The van der Waals surface area contributed by atoms with Crippen LogP contribution in [0.1, 0.15) is 29.5 Å². The van der Waals surface area contributed by atoms with Gasteiger partial charge in [0, 0.05) is 22.6 Å². The van der Waals surface area contributed by atoms with Crippen molar-refractivity contribution in [2.75, 3.05) is 12.4 Å². The molecule has 32 heavy (non-hydrogen) atoms. The number of methoxy groups -OCH3 is 1. The monoisotopic (exact) mass is 425 g/mol. The van der Waals surface area contributed by atoms with E-state index in [1.54, 1.807) is 13.3 Å². The van der Waals surface area contributed by atoms with Gasteiger partial charge >= 0.3 is 5.97 Å². The van der Waals surface area contributed by atoms with Crippen molar-refractivity contribution < 1.29 is 14.3 Å². The number of nitrogens with one attached hydrogen (secondary N) is 2. The standard InChI is InChI=1S/C26H23N3O3/c1-16-23(26(30)32-15-17-8-4-3-5-9-17)24(21-14-27-29-25(21)28-16)20-12-13-22(31-2)19-11-7-6-10-18(19)20/h3-14,24H,15H2,1-2H3,(H2,27,28,29). The molecule has 1 unspecified atom stereocenters. The lowest BCUT2D eigenvalue weighted by molar-refractivity contribution is -0.140. The van der Waals surface area contributed by atoms with Crippen LogP contribution in [0.4, 0.5) is 5.82 Å². The van der Waals surface area contributed by atoms with Crippen molar-refractivity contribution in [1.29, 1.82) is 0 Å². The minimum atomic E-state index is -0.351. The van der Waals surface area contributed by atoms with Crippen molar-refractivity contribution in [3.05, 3.63) is 101 Å². The fourth-order valence-corrected chi connectivity index (χ4v) is 4.36. The van der Waals surface area contributed by atoms with E-state index in [0.717, 1.165) is 44.7 Å². The number of carbonyl (C=O) groups is 1. The smallest absolute Gasteiger partial charge is 0.337 e. The number of benzene rings is 3. The molecular weight excluding hydrogens is 402 g/mol. The van der Waals surface area contributed by atoms with E-state index < -0.39 is 0 Å². The second-order valence-corrected chi connectivity index (χ2v) is 7.76. The first-order valence-electron chi connectivity index (χ1n) is 10.4. The number of nitrogens with zero attached hydrogens (tertiary/aromatic N) is 1. The number of anilines is 1. The van der Waals surface area contributed by atoms with Crippen LogP contribution >= 0.6 is 0 Å². The van der Waals surface area contributed by atoms with Gasteiger partial charge < -0.3 is 14.8 Å². The normalized spacial score (nSPS) is 15.2. The Hall–Kier alpha value is -4.06. The van der Waals surface area contributed by atoms with E-state index in [0.29, 0.717) is 5.57 Å². The summed E-state index contributed by atoms with van der Waals surface area (Å²) in [6.45, 7) is 2.10. The first-order chi connectivity index (χ1) is 15.7. The Kier molecular flexibility index (Phi) is 5.11. The molecule has 1 aliphatic rings.